The minimum Gasteiger partial charge on any atom is -0.465 e. The zero-order chi connectivity index (χ0) is 13.2. The molecule has 0 saturated heterocycles. The lowest BCUT2D eigenvalue weighted by Crippen LogP contribution is -2.20. The number of aliphatic hydroxyl groups is 1. The molecule has 0 spiro atoms. The molecule has 94 valence electrons. The van der Waals surface area contributed by atoms with Crippen LogP contribution in [0.3, 0.4) is 0 Å². The van der Waals surface area contributed by atoms with Crippen molar-refractivity contribution in [3.63, 3.8) is 0 Å². The van der Waals surface area contributed by atoms with Crippen molar-refractivity contribution in [3.8, 4) is 0 Å². The third-order valence-corrected chi connectivity index (χ3v) is 2.34. The van der Waals surface area contributed by atoms with Crippen LogP contribution < -0.4 is 0 Å². The molecule has 0 amide bonds. The van der Waals surface area contributed by atoms with Crippen LogP contribution in [0.2, 0.25) is 5.02 Å². The highest BCUT2D eigenvalue weighted by molar-refractivity contribution is 6.33. The Balaban J connectivity index is 3.09. The fourth-order valence-electron chi connectivity index (χ4n) is 1.17. The van der Waals surface area contributed by atoms with Gasteiger partial charge in [-0.05, 0) is 17.7 Å². The number of ether oxygens (including phenoxy) is 1. The summed E-state index contributed by atoms with van der Waals surface area (Å²) in [6, 6.07) is 2.92. The summed E-state index contributed by atoms with van der Waals surface area (Å²) in [5.74, 6) is -0.761. The van der Waals surface area contributed by atoms with Crippen molar-refractivity contribution in [1.82, 2.24) is 0 Å². The number of halogens is 4. The molecule has 3 nitrogen and oxygen atoms in total. The summed E-state index contributed by atoms with van der Waals surface area (Å²) in [4.78, 5) is 11.1. The molecule has 1 rings (SSSR count). The average Bonchev–Trinajstić information content (AvgIpc) is 2.25. The second-order valence-electron chi connectivity index (χ2n) is 3.18. The van der Waals surface area contributed by atoms with E-state index in [9.17, 15) is 18.0 Å². The molecule has 1 aromatic carbocycles. The zero-order valence-corrected chi connectivity index (χ0v) is 9.34. The van der Waals surface area contributed by atoms with E-state index in [-0.39, 0.29) is 10.6 Å². The molecule has 0 radical (unpaired) electrons. The van der Waals surface area contributed by atoms with Crippen LogP contribution in [-0.2, 0) is 4.74 Å². The fourth-order valence-corrected chi connectivity index (χ4v) is 1.43. The van der Waals surface area contributed by atoms with Gasteiger partial charge in [0.05, 0.1) is 17.7 Å². The van der Waals surface area contributed by atoms with Crippen molar-refractivity contribution < 1.29 is 27.8 Å². The summed E-state index contributed by atoms with van der Waals surface area (Å²) in [7, 11) is 1.12. The largest absolute Gasteiger partial charge is 0.465 e. The van der Waals surface area contributed by atoms with E-state index in [2.05, 4.69) is 4.74 Å². The Morgan fingerprint density at radius 2 is 2.06 bits per heavy atom. The van der Waals surface area contributed by atoms with Gasteiger partial charge in [0.25, 0.3) is 0 Å². The van der Waals surface area contributed by atoms with Crippen molar-refractivity contribution >= 4 is 17.6 Å². The molecule has 0 aliphatic rings. The Labute approximate surface area is 99.8 Å². The SMILES string of the molecule is COC(=O)c1ccc([C@@H](O)C(F)(F)F)cc1Cl. The number of carbonyl (C=O) groups excluding carboxylic acids is 1. The molecule has 0 saturated carbocycles. The van der Waals surface area contributed by atoms with Crippen molar-refractivity contribution in [3.05, 3.63) is 34.3 Å². The number of carbonyl (C=O) groups is 1. The first-order chi connectivity index (χ1) is 7.77. The molecule has 1 N–H and O–H groups in total. The number of aliphatic hydroxyl groups excluding tert-OH is 1. The maximum Gasteiger partial charge on any atom is 0.418 e. The highest BCUT2D eigenvalue weighted by atomic mass is 35.5. The van der Waals surface area contributed by atoms with Crippen LogP contribution in [-0.4, -0.2) is 24.4 Å². The van der Waals surface area contributed by atoms with Gasteiger partial charge in [0, 0.05) is 0 Å². The highest BCUT2D eigenvalue weighted by Gasteiger charge is 2.39. The lowest BCUT2D eigenvalue weighted by atomic mass is 10.1. The topological polar surface area (TPSA) is 46.5 Å². The number of esters is 1. The van der Waals surface area contributed by atoms with Gasteiger partial charge in [0.15, 0.2) is 6.10 Å². The lowest BCUT2D eigenvalue weighted by molar-refractivity contribution is -0.206. The average molecular weight is 269 g/mol. The van der Waals surface area contributed by atoms with Crippen LogP contribution in [0.4, 0.5) is 13.2 Å². The number of alkyl halides is 3. The van der Waals surface area contributed by atoms with Crippen molar-refractivity contribution in [2.75, 3.05) is 7.11 Å². The van der Waals surface area contributed by atoms with E-state index in [4.69, 9.17) is 16.7 Å². The highest BCUT2D eigenvalue weighted by Crippen LogP contribution is 2.34. The second-order valence-corrected chi connectivity index (χ2v) is 3.58. The molecule has 1 atom stereocenters. The molecular formula is C10H8ClF3O3. The first-order valence-corrected chi connectivity index (χ1v) is 4.77. The summed E-state index contributed by atoms with van der Waals surface area (Å²) in [6.45, 7) is 0. The standard InChI is InChI=1S/C10H8ClF3O3/c1-17-9(16)6-3-2-5(4-7(6)11)8(15)10(12,13)14/h2-4,8,15H,1H3/t8-/m1/s1. The van der Waals surface area contributed by atoms with Crippen molar-refractivity contribution in [2.24, 2.45) is 0 Å². The van der Waals surface area contributed by atoms with Gasteiger partial charge in [-0.2, -0.15) is 13.2 Å². The molecule has 1 aromatic rings. The van der Waals surface area contributed by atoms with Gasteiger partial charge in [-0.3, -0.25) is 0 Å². The van der Waals surface area contributed by atoms with E-state index >= 15 is 0 Å². The van der Waals surface area contributed by atoms with Gasteiger partial charge in [-0.25, -0.2) is 4.79 Å². The third kappa shape index (κ3) is 3.10. The van der Waals surface area contributed by atoms with Crippen LogP contribution >= 0.6 is 11.6 Å². The Hall–Kier alpha value is -1.27. The lowest BCUT2D eigenvalue weighted by Gasteiger charge is -2.15. The van der Waals surface area contributed by atoms with E-state index in [1.54, 1.807) is 0 Å². The summed E-state index contributed by atoms with van der Waals surface area (Å²) in [6.07, 6.45) is -7.41. The molecular weight excluding hydrogens is 261 g/mol. The van der Waals surface area contributed by atoms with Gasteiger partial charge in [-0.15, -0.1) is 0 Å². The Morgan fingerprint density at radius 1 is 1.47 bits per heavy atom. The normalized spacial score (nSPS) is 13.3. The number of benzene rings is 1. The molecule has 0 unspecified atom stereocenters. The minimum absolute atomic E-state index is 0.0627. The number of hydrogen-bond donors (Lipinski definition) is 1. The van der Waals surface area contributed by atoms with Gasteiger partial charge in [0.2, 0.25) is 0 Å². The van der Waals surface area contributed by atoms with E-state index in [1.165, 1.54) is 0 Å². The minimum atomic E-state index is -4.78. The molecule has 0 aromatic heterocycles. The van der Waals surface area contributed by atoms with Crippen LogP contribution in [0.1, 0.15) is 22.0 Å². The molecule has 17 heavy (non-hydrogen) atoms. The number of methoxy groups -OCH3 is 1. The summed E-state index contributed by atoms with van der Waals surface area (Å²) < 4.78 is 41.0. The smallest absolute Gasteiger partial charge is 0.418 e. The van der Waals surface area contributed by atoms with E-state index in [0.29, 0.717) is 0 Å². The van der Waals surface area contributed by atoms with Crippen LogP contribution in [0.25, 0.3) is 0 Å². The van der Waals surface area contributed by atoms with Crippen LogP contribution in [0.5, 0.6) is 0 Å². The molecule has 0 aliphatic heterocycles. The number of hydrogen-bond acceptors (Lipinski definition) is 3. The number of rotatable bonds is 2. The van der Waals surface area contributed by atoms with E-state index < -0.39 is 23.8 Å². The molecule has 0 fully saturated rings. The Bertz CT molecular complexity index is 431. The summed E-state index contributed by atoms with van der Waals surface area (Å²) in [5, 5.41) is 8.76. The fraction of sp³-hybridized carbons (Fsp3) is 0.300. The Morgan fingerprint density at radius 3 is 2.47 bits per heavy atom. The molecule has 0 aliphatic carbocycles. The van der Waals surface area contributed by atoms with Gasteiger partial charge in [0.1, 0.15) is 0 Å². The zero-order valence-electron chi connectivity index (χ0n) is 8.58. The predicted octanol–water partition coefficient (Wildman–Crippen LogP) is 2.72. The van der Waals surface area contributed by atoms with Gasteiger partial charge >= 0.3 is 12.1 Å². The van der Waals surface area contributed by atoms with Gasteiger partial charge in [-0.1, -0.05) is 17.7 Å². The maximum atomic E-state index is 12.2. The molecule has 0 bridgehead atoms. The summed E-state index contributed by atoms with van der Waals surface area (Å²) >= 11 is 5.62. The van der Waals surface area contributed by atoms with Gasteiger partial charge < -0.3 is 9.84 Å². The Kier molecular flexibility index (Phi) is 4.00. The summed E-state index contributed by atoms with van der Waals surface area (Å²) in [5.41, 5.74) is -0.498. The van der Waals surface area contributed by atoms with Crippen molar-refractivity contribution in [2.45, 2.75) is 12.3 Å². The first kappa shape index (κ1) is 13.8. The second kappa shape index (κ2) is 4.93. The third-order valence-electron chi connectivity index (χ3n) is 2.02. The van der Waals surface area contributed by atoms with E-state index in [0.717, 1.165) is 25.3 Å². The van der Waals surface area contributed by atoms with Crippen molar-refractivity contribution in [1.29, 1.82) is 0 Å². The first-order valence-electron chi connectivity index (χ1n) is 4.40. The molecule has 0 heterocycles. The maximum absolute atomic E-state index is 12.2. The molecule has 7 heteroatoms. The quantitative estimate of drug-likeness (QED) is 0.839. The monoisotopic (exact) mass is 268 g/mol. The predicted molar refractivity (Wildman–Crippen MR) is 53.8 cm³/mol. The van der Waals surface area contributed by atoms with E-state index in [1.807, 2.05) is 0 Å². The van der Waals surface area contributed by atoms with Crippen LogP contribution in [0, 0.1) is 0 Å². The van der Waals surface area contributed by atoms with Crippen LogP contribution in [0.15, 0.2) is 18.2 Å².